The van der Waals surface area contributed by atoms with Gasteiger partial charge in [-0.1, -0.05) is 18.2 Å². The van der Waals surface area contributed by atoms with E-state index >= 15 is 0 Å². The highest BCUT2D eigenvalue weighted by molar-refractivity contribution is 7.92. The molecule has 1 saturated heterocycles. The molecule has 12 nitrogen and oxygen atoms in total. The maximum absolute atomic E-state index is 13.1. The van der Waals surface area contributed by atoms with Gasteiger partial charge >= 0.3 is 0 Å². The van der Waals surface area contributed by atoms with Crippen molar-refractivity contribution >= 4 is 32.5 Å². The summed E-state index contributed by atoms with van der Waals surface area (Å²) in [4.78, 5) is 33.6. The van der Waals surface area contributed by atoms with Crippen LogP contribution in [0.5, 0.6) is 11.5 Å². The zero-order valence-electron chi connectivity index (χ0n) is 23.2. The van der Waals surface area contributed by atoms with E-state index in [1.165, 1.54) is 11.7 Å². The van der Waals surface area contributed by atoms with E-state index in [0.717, 1.165) is 39.0 Å². The number of ether oxygens (including phenoxy) is 1. The second kappa shape index (κ2) is 11.7. The van der Waals surface area contributed by atoms with E-state index in [2.05, 4.69) is 37.0 Å². The lowest BCUT2D eigenvalue weighted by atomic mass is 10.1. The van der Waals surface area contributed by atoms with E-state index in [-0.39, 0.29) is 17.1 Å². The van der Waals surface area contributed by atoms with Crippen LogP contribution in [0.15, 0.2) is 59.4 Å². The molecule has 5 rings (SSSR count). The highest BCUT2D eigenvalue weighted by Crippen LogP contribution is 2.37. The van der Waals surface area contributed by atoms with Gasteiger partial charge in [-0.3, -0.25) is 19.2 Å². The second-order valence-electron chi connectivity index (χ2n) is 10.2. The summed E-state index contributed by atoms with van der Waals surface area (Å²) in [5.74, 6) is 0.617. The molecule has 0 spiro atoms. The molecule has 1 aliphatic rings. The molecule has 3 N–H and O–H groups in total. The number of aryl methyl sites for hydroxylation is 1. The average Bonchev–Trinajstić information content (AvgIpc) is 3.39. The highest BCUT2D eigenvalue weighted by atomic mass is 32.2. The molecule has 4 aromatic rings. The molecule has 2 aromatic heterocycles. The number of nitrogens with one attached hydrogen (secondary N) is 3. The maximum Gasteiger partial charge on any atom is 0.290 e. The summed E-state index contributed by atoms with van der Waals surface area (Å²) in [6.07, 6.45) is 1.06. The number of hydrogen-bond donors (Lipinski definition) is 3. The number of H-pyrrole nitrogens is 1. The molecule has 2 aromatic carbocycles. The smallest absolute Gasteiger partial charge is 0.290 e. The lowest BCUT2D eigenvalue weighted by molar-refractivity contribution is 0.0937. The van der Waals surface area contributed by atoms with Crippen LogP contribution in [0, 0.1) is 0 Å². The first-order valence-corrected chi connectivity index (χ1v) is 15.1. The van der Waals surface area contributed by atoms with Crippen LogP contribution in [0.3, 0.4) is 0 Å². The van der Waals surface area contributed by atoms with Crippen LogP contribution >= 0.6 is 0 Å². The lowest BCUT2D eigenvalue weighted by Crippen LogP contribution is -2.46. The van der Waals surface area contributed by atoms with E-state index in [4.69, 9.17) is 4.74 Å². The van der Waals surface area contributed by atoms with E-state index in [0.29, 0.717) is 40.4 Å². The number of fused-ring (bicyclic) bond motifs is 1. The molecule has 0 radical (unpaired) electrons. The third kappa shape index (κ3) is 6.76. The van der Waals surface area contributed by atoms with Gasteiger partial charge in [0.15, 0.2) is 0 Å². The number of aromatic amines is 1. The lowest BCUT2D eigenvalue weighted by Gasteiger charge is -2.32. The number of nitrogens with zero attached hydrogens (tertiary/aromatic N) is 4. The van der Waals surface area contributed by atoms with Crippen LogP contribution < -0.4 is 20.3 Å². The van der Waals surface area contributed by atoms with Crippen LogP contribution in [-0.2, 0) is 17.1 Å². The summed E-state index contributed by atoms with van der Waals surface area (Å²) in [6.45, 7) is 5.08. The van der Waals surface area contributed by atoms with Crippen molar-refractivity contribution in [1.82, 2.24) is 29.9 Å². The van der Waals surface area contributed by atoms with Crippen molar-refractivity contribution in [1.29, 1.82) is 0 Å². The third-order valence-corrected chi connectivity index (χ3v) is 7.50. The molecule has 3 heterocycles. The largest absolute Gasteiger partial charge is 0.457 e. The molecule has 1 fully saturated rings. The fourth-order valence-electron chi connectivity index (χ4n) is 4.73. The SMILES string of the molecule is CN1CCN(CCNC(=O)c2cc3c(-c4cc(NS(C)(=O)=O)ccc4Oc4ccccc4)nn(C)c(=O)c3[nH]2)CC1. The number of anilines is 1. The van der Waals surface area contributed by atoms with Gasteiger partial charge in [0.05, 0.1) is 6.26 Å². The standard InChI is InChI=1S/C28H33N7O5S/c1-33-13-15-35(16-14-33)12-11-29-27(36)23-18-22-25(31-34(2)28(37)26(22)30-23)21-17-19(32-41(3,38)39)9-10-24(21)40-20-7-5-4-6-8-20/h4-10,17-18,30,32H,11-16H2,1-3H3,(H,29,36). The Morgan fingerprint density at radius 1 is 1.05 bits per heavy atom. The maximum atomic E-state index is 13.1. The number of likely N-dealkylation sites (N-methyl/N-ethyl adjacent to an activating group) is 1. The predicted octanol–water partition coefficient (Wildman–Crippen LogP) is 2.07. The predicted molar refractivity (Wildman–Crippen MR) is 158 cm³/mol. The van der Waals surface area contributed by atoms with Gasteiger partial charge < -0.3 is 19.9 Å². The van der Waals surface area contributed by atoms with Crippen LogP contribution in [0.1, 0.15) is 10.5 Å². The van der Waals surface area contributed by atoms with Crippen LogP contribution in [0.4, 0.5) is 5.69 Å². The number of hydrogen-bond acceptors (Lipinski definition) is 8. The van der Waals surface area contributed by atoms with E-state index in [1.807, 2.05) is 18.2 Å². The molecule has 0 atom stereocenters. The normalized spacial score (nSPS) is 14.7. The van der Waals surface area contributed by atoms with Gasteiger partial charge in [0.1, 0.15) is 28.4 Å². The first kappa shape index (κ1) is 28.3. The van der Waals surface area contributed by atoms with E-state index in [1.54, 1.807) is 36.4 Å². The number of sulfonamides is 1. The monoisotopic (exact) mass is 579 g/mol. The zero-order valence-corrected chi connectivity index (χ0v) is 24.0. The molecule has 41 heavy (non-hydrogen) atoms. The van der Waals surface area contributed by atoms with Gasteiger partial charge in [0.2, 0.25) is 10.0 Å². The third-order valence-electron chi connectivity index (χ3n) is 6.89. The Morgan fingerprint density at radius 2 is 1.78 bits per heavy atom. The van der Waals surface area contributed by atoms with Crippen molar-refractivity contribution in [2.24, 2.45) is 7.05 Å². The molecule has 0 aliphatic carbocycles. The molecule has 13 heteroatoms. The Morgan fingerprint density at radius 3 is 2.49 bits per heavy atom. The number of benzene rings is 2. The van der Waals surface area contributed by atoms with E-state index < -0.39 is 15.6 Å². The minimum absolute atomic E-state index is 0.203. The first-order valence-electron chi connectivity index (χ1n) is 13.2. The van der Waals surface area contributed by atoms with Crippen LogP contribution in [0.2, 0.25) is 0 Å². The fraction of sp³-hybridized carbons (Fsp3) is 0.321. The highest BCUT2D eigenvalue weighted by Gasteiger charge is 2.21. The van der Waals surface area contributed by atoms with Crippen molar-refractivity contribution in [2.45, 2.75) is 0 Å². The van der Waals surface area contributed by atoms with E-state index in [9.17, 15) is 18.0 Å². The zero-order chi connectivity index (χ0) is 29.1. The van der Waals surface area contributed by atoms with Gasteiger partial charge in [-0.15, -0.1) is 0 Å². The average molecular weight is 580 g/mol. The molecular formula is C28H33N7O5S. The molecular weight excluding hydrogens is 546 g/mol. The minimum atomic E-state index is -3.56. The number of piperazine rings is 1. The van der Waals surface area contributed by atoms with Crippen LogP contribution in [-0.4, -0.2) is 91.5 Å². The number of para-hydroxylation sites is 1. The topological polar surface area (TPSA) is 142 Å². The molecule has 0 unspecified atom stereocenters. The summed E-state index contributed by atoms with van der Waals surface area (Å²) in [5, 5.41) is 7.84. The van der Waals surface area contributed by atoms with Crippen molar-refractivity contribution in [3.63, 3.8) is 0 Å². The summed E-state index contributed by atoms with van der Waals surface area (Å²) >= 11 is 0. The first-order chi connectivity index (χ1) is 19.6. The summed E-state index contributed by atoms with van der Waals surface area (Å²) in [5.41, 5.74) is 1.09. The molecule has 216 valence electrons. The Labute approximate surface area is 238 Å². The van der Waals surface area contributed by atoms with Crippen molar-refractivity contribution in [3.8, 4) is 22.8 Å². The molecule has 1 aliphatic heterocycles. The van der Waals surface area contributed by atoms with Crippen LogP contribution in [0.25, 0.3) is 22.2 Å². The Kier molecular flexibility index (Phi) is 8.10. The van der Waals surface area contributed by atoms with Gasteiger partial charge in [-0.2, -0.15) is 5.10 Å². The summed E-state index contributed by atoms with van der Waals surface area (Å²) in [7, 11) is 0.0434. The van der Waals surface area contributed by atoms with Crippen molar-refractivity contribution in [3.05, 3.63) is 70.6 Å². The molecule has 1 amide bonds. The number of aromatic nitrogens is 3. The molecule has 0 saturated carbocycles. The second-order valence-corrected chi connectivity index (χ2v) is 11.9. The number of amides is 1. The van der Waals surface area contributed by atoms with Gasteiger partial charge in [-0.05, 0) is 43.4 Å². The van der Waals surface area contributed by atoms with Crippen molar-refractivity contribution in [2.75, 3.05) is 57.3 Å². The fourth-order valence-corrected chi connectivity index (χ4v) is 5.29. The van der Waals surface area contributed by atoms with Gasteiger partial charge in [0.25, 0.3) is 11.5 Å². The number of carbonyl (C=O) groups is 1. The minimum Gasteiger partial charge on any atom is -0.457 e. The Balaban J connectivity index is 1.50. The Hall–Kier alpha value is -4.20. The summed E-state index contributed by atoms with van der Waals surface area (Å²) in [6, 6.07) is 15.5. The summed E-state index contributed by atoms with van der Waals surface area (Å²) < 4.78 is 33.7. The number of carbonyl (C=O) groups excluding carboxylic acids is 1. The number of rotatable bonds is 9. The quantitative estimate of drug-likeness (QED) is 0.274. The van der Waals surface area contributed by atoms with Gasteiger partial charge in [-0.25, -0.2) is 13.1 Å². The molecule has 0 bridgehead atoms. The van der Waals surface area contributed by atoms with Crippen molar-refractivity contribution < 1.29 is 17.9 Å². The Bertz CT molecular complexity index is 1730. The van der Waals surface area contributed by atoms with Gasteiger partial charge in [0, 0.05) is 63.0 Å².